The first-order valence-corrected chi connectivity index (χ1v) is 4.06. The fraction of sp³-hybridized carbons (Fsp3) is 0.750. The highest BCUT2D eigenvalue weighted by Gasteiger charge is 2.10. The Morgan fingerprint density at radius 2 is 2.00 bits per heavy atom. The Morgan fingerprint density at radius 1 is 1.38 bits per heavy atom. The van der Waals surface area contributed by atoms with Crippen molar-refractivity contribution in [2.45, 2.75) is 13.3 Å². The van der Waals surface area contributed by atoms with Crippen LogP contribution in [-0.4, -0.2) is 44.3 Å². The van der Waals surface area contributed by atoms with E-state index in [9.17, 15) is 9.59 Å². The molecule has 0 aliphatic heterocycles. The molecule has 0 aromatic rings. The smallest absolute Gasteiger partial charge is 0.409 e. The summed E-state index contributed by atoms with van der Waals surface area (Å²) < 4.78 is 9.13. The first-order chi connectivity index (χ1) is 6.11. The van der Waals surface area contributed by atoms with Gasteiger partial charge < -0.3 is 14.4 Å². The van der Waals surface area contributed by atoms with E-state index in [2.05, 4.69) is 9.47 Å². The van der Waals surface area contributed by atoms with Gasteiger partial charge in [0.2, 0.25) is 0 Å². The van der Waals surface area contributed by atoms with Crippen LogP contribution < -0.4 is 0 Å². The van der Waals surface area contributed by atoms with Crippen LogP contribution in [-0.2, 0) is 14.3 Å². The lowest BCUT2D eigenvalue weighted by Crippen LogP contribution is -2.29. The van der Waals surface area contributed by atoms with E-state index in [1.807, 2.05) is 0 Å². The maximum Gasteiger partial charge on any atom is 0.409 e. The maximum absolute atomic E-state index is 10.9. The number of methoxy groups -OCH3 is 1. The lowest BCUT2D eigenvalue weighted by molar-refractivity contribution is -0.143. The molecule has 0 aromatic carbocycles. The summed E-state index contributed by atoms with van der Waals surface area (Å²) in [7, 11) is 2.86. The van der Waals surface area contributed by atoms with Crippen LogP contribution in [0.25, 0.3) is 0 Å². The molecule has 5 heteroatoms. The molecule has 0 unspecified atom stereocenters. The van der Waals surface area contributed by atoms with Crippen LogP contribution in [0.4, 0.5) is 4.79 Å². The molecule has 0 fully saturated rings. The van der Waals surface area contributed by atoms with Crippen molar-refractivity contribution >= 4 is 12.1 Å². The number of hydrogen-bond donors (Lipinski definition) is 0. The number of carbonyl (C=O) groups excluding carboxylic acids is 2. The summed E-state index contributed by atoms with van der Waals surface area (Å²) >= 11 is 0. The zero-order valence-electron chi connectivity index (χ0n) is 8.20. The van der Waals surface area contributed by atoms with Crippen molar-refractivity contribution in [3.63, 3.8) is 0 Å². The highest BCUT2D eigenvalue weighted by atomic mass is 16.5. The van der Waals surface area contributed by atoms with Crippen LogP contribution in [0.3, 0.4) is 0 Å². The van der Waals surface area contributed by atoms with Crippen LogP contribution in [0.1, 0.15) is 13.3 Å². The SMILES string of the molecule is CCOC(=O)CCN(C)C(=O)OC. The summed E-state index contributed by atoms with van der Waals surface area (Å²) in [6, 6.07) is 0. The Labute approximate surface area is 77.6 Å². The second-order valence-corrected chi connectivity index (χ2v) is 2.45. The molecule has 1 amide bonds. The molecule has 0 bridgehead atoms. The number of ether oxygens (including phenoxy) is 2. The Kier molecular flexibility index (Phi) is 5.67. The van der Waals surface area contributed by atoms with Gasteiger partial charge in [-0.1, -0.05) is 0 Å². The summed E-state index contributed by atoms with van der Waals surface area (Å²) in [5.74, 6) is -0.307. The predicted molar refractivity (Wildman–Crippen MR) is 46.3 cm³/mol. The fourth-order valence-electron chi connectivity index (χ4n) is 0.739. The van der Waals surface area contributed by atoms with Crippen LogP contribution in [0.5, 0.6) is 0 Å². The summed E-state index contributed by atoms with van der Waals surface area (Å²) in [5.41, 5.74) is 0. The van der Waals surface area contributed by atoms with E-state index in [4.69, 9.17) is 0 Å². The molecule has 0 rings (SSSR count). The van der Waals surface area contributed by atoms with E-state index in [0.29, 0.717) is 13.2 Å². The number of nitrogens with zero attached hydrogens (tertiary/aromatic N) is 1. The van der Waals surface area contributed by atoms with Gasteiger partial charge in [0.15, 0.2) is 0 Å². The predicted octanol–water partition coefficient (Wildman–Crippen LogP) is 0.638. The summed E-state index contributed by atoms with van der Waals surface area (Å²) in [5, 5.41) is 0. The average Bonchev–Trinajstić information content (AvgIpc) is 2.13. The van der Waals surface area contributed by atoms with Crippen LogP contribution >= 0.6 is 0 Å². The molecule has 76 valence electrons. The number of carbonyl (C=O) groups is 2. The summed E-state index contributed by atoms with van der Waals surface area (Å²) in [6.45, 7) is 2.41. The minimum absolute atomic E-state index is 0.194. The Bertz CT molecular complexity index is 181. The van der Waals surface area contributed by atoms with Gasteiger partial charge in [-0.15, -0.1) is 0 Å². The van der Waals surface area contributed by atoms with Crippen molar-refractivity contribution in [3.8, 4) is 0 Å². The molecule has 0 N–H and O–H groups in total. The molecule has 0 aliphatic rings. The van der Waals surface area contributed by atoms with E-state index >= 15 is 0 Å². The lowest BCUT2D eigenvalue weighted by atomic mass is 10.4. The molecular weight excluding hydrogens is 174 g/mol. The molecule has 0 saturated carbocycles. The van der Waals surface area contributed by atoms with Crippen LogP contribution in [0.2, 0.25) is 0 Å². The van der Waals surface area contributed by atoms with Gasteiger partial charge in [-0.3, -0.25) is 4.79 Å². The van der Waals surface area contributed by atoms with Gasteiger partial charge in [-0.05, 0) is 6.92 Å². The number of rotatable bonds is 4. The van der Waals surface area contributed by atoms with Crippen molar-refractivity contribution in [1.82, 2.24) is 4.90 Å². The zero-order valence-corrected chi connectivity index (χ0v) is 8.20. The number of hydrogen-bond acceptors (Lipinski definition) is 4. The third-order valence-electron chi connectivity index (χ3n) is 1.44. The molecule has 0 heterocycles. The van der Waals surface area contributed by atoms with E-state index in [1.54, 1.807) is 14.0 Å². The topological polar surface area (TPSA) is 55.8 Å². The number of amides is 1. The van der Waals surface area contributed by atoms with Crippen molar-refractivity contribution in [2.24, 2.45) is 0 Å². The second-order valence-electron chi connectivity index (χ2n) is 2.45. The molecule has 0 spiro atoms. The van der Waals surface area contributed by atoms with Crippen LogP contribution in [0.15, 0.2) is 0 Å². The summed E-state index contributed by atoms with van der Waals surface area (Å²) in [4.78, 5) is 23.0. The molecule has 0 aromatic heterocycles. The van der Waals surface area contributed by atoms with Gasteiger partial charge in [0.05, 0.1) is 20.1 Å². The summed E-state index contributed by atoms with van der Waals surface area (Å²) in [6.07, 6.45) is -0.260. The van der Waals surface area contributed by atoms with E-state index < -0.39 is 6.09 Å². The van der Waals surface area contributed by atoms with Crippen molar-refractivity contribution in [3.05, 3.63) is 0 Å². The minimum Gasteiger partial charge on any atom is -0.466 e. The first kappa shape index (κ1) is 11.7. The molecule has 5 nitrogen and oxygen atoms in total. The Balaban J connectivity index is 3.63. The lowest BCUT2D eigenvalue weighted by Gasteiger charge is -2.14. The molecule has 0 aliphatic carbocycles. The van der Waals surface area contributed by atoms with E-state index in [-0.39, 0.29) is 12.4 Å². The van der Waals surface area contributed by atoms with Gasteiger partial charge in [0.25, 0.3) is 0 Å². The van der Waals surface area contributed by atoms with Crippen molar-refractivity contribution in [2.75, 3.05) is 27.3 Å². The van der Waals surface area contributed by atoms with Gasteiger partial charge in [0, 0.05) is 13.6 Å². The molecule has 0 radical (unpaired) electrons. The third kappa shape index (κ3) is 5.05. The minimum atomic E-state index is -0.454. The van der Waals surface area contributed by atoms with Crippen LogP contribution in [0, 0.1) is 0 Å². The van der Waals surface area contributed by atoms with Gasteiger partial charge >= 0.3 is 12.1 Å². The van der Waals surface area contributed by atoms with Gasteiger partial charge in [-0.2, -0.15) is 0 Å². The highest BCUT2D eigenvalue weighted by molar-refractivity contribution is 5.71. The van der Waals surface area contributed by atoms with E-state index in [0.717, 1.165) is 0 Å². The highest BCUT2D eigenvalue weighted by Crippen LogP contribution is 1.93. The Morgan fingerprint density at radius 3 is 2.46 bits per heavy atom. The van der Waals surface area contributed by atoms with Crippen molar-refractivity contribution in [1.29, 1.82) is 0 Å². The van der Waals surface area contributed by atoms with Crippen molar-refractivity contribution < 1.29 is 19.1 Å². The Hall–Kier alpha value is -1.26. The standard InChI is InChI=1S/C8H15NO4/c1-4-13-7(10)5-6-9(2)8(11)12-3/h4-6H2,1-3H3. The molecule has 0 atom stereocenters. The van der Waals surface area contributed by atoms with Gasteiger partial charge in [-0.25, -0.2) is 4.79 Å². The third-order valence-corrected chi connectivity index (χ3v) is 1.44. The second kappa shape index (κ2) is 6.28. The molecule has 13 heavy (non-hydrogen) atoms. The normalized spacial score (nSPS) is 9.15. The fourth-order valence-corrected chi connectivity index (χ4v) is 0.739. The quantitative estimate of drug-likeness (QED) is 0.609. The first-order valence-electron chi connectivity index (χ1n) is 4.06. The van der Waals surface area contributed by atoms with E-state index in [1.165, 1.54) is 12.0 Å². The average molecular weight is 189 g/mol. The largest absolute Gasteiger partial charge is 0.466 e. The molecule has 0 saturated heterocycles. The van der Waals surface area contributed by atoms with Gasteiger partial charge in [0.1, 0.15) is 0 Å². The molecular formula is C8H15NO4. The maximum atomic E-state index is 10.9. The number of esters is 1. The zero-order chi connectivity index (χ0) is 10.3. The monoisotopic (exact) mass is 189 g/mol.